The highest BCUT2D eigenvalue weighted by atomic mass is 16.2. The molecule has 5 unspecified atom stereocenters. The number of amides is 3. The molecule has 0 bridgehead atoms. The van der Waals surface area contributed by atoms with Crippen molar-refractivity contribution in [2.45, 2.75) is 23.7 Å². The Morgan fingerprint density at radius 2 is 1.57 bits per heavy atom. The van der Waals surface area contributed by atoms with Crippen LogP contribution in [-0.4, -0.2) is 22.7 Å². The third-order valence-corrected chi connectivity index (χ3v) is 7.08. The fourth-order valence-corrected chi connectivity index (χ4v) is 6.33. The minimum atomic E-state index is -0.683. The quantitative estimate of drug-likeness (QED) is 0.829. The topological polar surface area (TPSA) is 90.3 Å². The molecule has 2 aromatic rings. The van der Waals surface area contributed by atoms with Gasteiger partial charge in [0.1, 0.15) is 6.42 Å². The Balaban J connectivity index is 1.55. The summed E-state index contributed by atoms with van der Waals surface area (Å²) in [6.45, 7) is 0. The maximum atomic E-state index is 13.3. The predicted octanol–water partition coefficient (Wildman–Crippen LogP) is 1.73. The Morgan fingerprint density at radius 3 is 2.18 bits per heavy atom. The standard InChI is InChI=1S/C22H15N3O3/c23-10-9-15(26)25-21(28)17-16(20(27)24-25)18-11-5-1-3-7-13(11)22(18)14-8-4-2-6-12(14)19(17)22/h1-8,16-19H,9H2,(H,24,27). The van der Waals surface area contributed by atoms with Crippen LogP contribution in [0.5, 0.6) is 0 Å². The van der Waals surface area contributed by atoms with E-state index in [-0.39, 0.29) is 23.2 Å². The summed E-state index contributed by atoms with van der Waals surface area (Å²) in [5.41, 5.74) is 6.73. The van der Waals surface area contributed by atoms with Crippen molar-refractivity contribution < 1.29 is 14.4 Å². The summed E-state index contributed by atoms with van der Waals surface area (Å²) < 4.78 is 0. The molecular weight excluding hydrogens is 354 g/mol. The van der Waals surface area contributed by atoms with Gasteiger partial charge in [-0.2, -0.15) is 10.3 Å². The third-order valence-electron chi connectivity index (χ3n) is 7.08. The second-order valence-corrected chi connectivity index (χ2v) is 7.93. The lowest BCUT2D eigenvalue weighted by molar-refractivity contribution is -0.164. The fraction of sp³-hybridized carbons (Fsp3) is 0.273. The molecule has 1 saturated heterocycles. The van der Waals surface area contributed by atoms with Crippen LogP contribution in [0.15, 0.2) is 48.5 Å². The molecule has 2 fully saturated rings. The van der Waals surface area contributed by atoms with Gasteiger partial charge in [0.25, 0.3) is 11.8 Å². The molecule has 3 aliphatic carbocycles. The van der Waals surface area contributed by atoms with Crippen LogP contribution in [0, 0.1) is 23.2 Å². The number of fused-ring (bicyclic) bond motifs is 7. The van der Waals surface area contributed by atoms with E-state index in [2.05, 4.69) is 17.6 Å². The van der Waals surface area contributed by atoms with Gasteiger partial charge in [0.15, 0.2) is 0 Å². The van der Waals surface area contributed by atoms with Crippen LogP contribution in [0.3, 0.4) is 0 Å². The zero-order chi connectivity index (χ0) is 19.2. The fourth-order valence-electron chi connectivity index (χ4n) is 6.33. The monoisotopic (exact) mass is 369 g/mol. The zero-order valence-electron chi connectivity index (χ0n) is 14.8. The first-order valence-corrected chi connectivity index (χ1v) is 9.35. The highest BCUT2D eigenvalue weighted by Crippen LogP contribution is 2.79. The Labute approximate surface area is 160 Å². The first-order valence-electron chi connectivity index (χ1n) is 9.35. The van der Waals surface area contributed by atoms with E-state index in [0.29, 0.717) is 0 Å². The number of hydrogen-bond acceptors (Lipinski definition) is 4. The molecule has 5 atom stereocenters. The van der Waals surface area contributed by atoms with Gasteiger partial charge in [-0.15, -0.1) is 0 Å². The van der Waals surface area contributed by atoms with Crippen LogP contribution in [0.2, 0.25) is 0 Å². The number of imide groups is 1. The van der Waals surface area contributed by atoms with Gasteiger partial charge in [0.05, 0.1) is 17.9 Å². The lowest BCUT2D eigenvalue weighted by Gasteiger charge is -2.58. The number of rotatable bonds is 1. The summed E-state index contributed by atoms with van der Waals surface area (Å²) in [7, 11) is 0. The molecule has 136 valence electrons. The summed E-state index contributed by atoms with van der Waals surface area (Å²) in [5, 5.41) is 9.61. The number of hydrazine groups is 1. The Morgan fingerprint density at radius 1 is 1.00 bits per heavy atom. The summed E-state index contributed by atoms with van der Waals surface area (Å²) in [6.07, 6.45) is -0.445. The number of nitrogens with one attached hydrogen (secondary N) is 1. The summed E-state index contributed by atoms with van der Waals surface area (Å²) in [6, 6.07) is 17.9. The highest BCUT2D eigenvalue weighted by Gasteiger charge is 2.77. The second-order valence-electron chi connectivity index (χ2n) is 7.93. The number of hydrogen-bond donors (Lipinski definition) is 1. The third kappa shape index (κ3) is 1.43. The first kappa shape index (κ1) is 15.6. The SMILES string of the molecule is N#CCC(=O)N1NC(=O)C2C(C1=O)C1c3ccccc3C13c1ccccc1C23. The Hall–Kier alpha value is -3.46. The second kappa shape index (κ2) is 4.87. The van der Waals surface area contributed by atoms with Gasteiger partial charge >= 0.3 is 0 Å². The first-order chi connectivity index (χ1) is 13.6. The number of carbonyl (C=O) groups excluding carboxylic acids is 3. The molecule has 6 nitrogen and oxygen atoms in total. The summed E-state index contributed by atoms with van der Waals surface area (Å²) >= 11 is 0. The van der Waals surface area contributed by atoms with E-state index in [1.807, 2.05) is 36.4 Å². The van der Waals surface area contributed by atoms with Crippen molar-refractivity contribution >= 4 is 17.7 Å². The molecule has 28 heavy (non-hydrogen) atoms. The molecule has 1 heterocycles. The zero-order valence-corrected chi connectivity index (χ0v) is 14.8. The Kier molecular flexibility index (Phi) is 2.71. The van der Waals surface area contributed by atoms with Crippen LogP contribution >= 0.6 is 0 Å². The summed E-state index contributed by atoms with van der Waals surface area (Å²) in [4.78, 5) is 38.6. The molecule has 6 heteroatoms. The van der Waals surface area contributed by atoms with Gasteiger partial charge in [0.2, 0.25) is 5.91 Å². The van der Waals surface area contributed by atoms with Crippen molar-refractivity contribution in [1.29, 1.82) is 5.26 Å². The molecule has 2 aromatic carbocycles. The van der Waals surface area contributed by atoms with E-state index in [0.717, 1.165) is 16.1 Å². The molecule has 0 aromatic heterocycles. The van der Waals surface area contributed by atoms with Crippen molar-refractivity contribution in [1.82, 2.24) is 10.4 Å². The maximum Gasteiger partial charge on any atom is 0.262 e. The average Bonchev–Trinajstić information content (AvgIpc) is 2.91. The molecule has 1 aliphatic heterocycles. The number of benzene rings is 2. The molecule has 1 saturated carbocycles. The van der Waals surface area contributed by atoms with Gasteiger partial charge in [0, 0.05) is 17.3 Å². The molecule has 4 aliphatic rings. The van der Waals surface area contributed by atoms with E-state index < -0.39 is 30.1 Å². The molecule has 6 rings (SSSR count). The van der Waals surface area contributed by atoms with E-state index in [4.69, 9.17) is 5.26 Å². The van der Waals surface area contributed by atoms with Crippen molar-refractivity contribution in [3.63, 3.8) is 0 Å². The van der Waals surface area contributed by atoms with E-state index >= 15 is 0 Å². The van der Waals surface area contributed by atoms with Gasteiger partial charge in [-0.3, -0.25) is 19.8 Å². The van der Waals surface area contributed by atoms with Crippen molar-refractivity contribution in [3.8, 4) is 6.07 Å². The van der Waals surface area contributed by atoms with Crippen LogP contribution < -0.4 is 5.43 Å². The number of carbonyl (C=O) groups is 3. The van der Waals surface area contributed by atoms with Crippen LogP contribution in [0.25, 0.3) is 0 Å². The smallest absolute Gasteiger partial charge is 0.262 e. The Bertz CT molecular complexity index is 1150. The maximum absolute atomic E-state index is 13.3. The van der Waals surface area contributed by atoms with Gasteiger partial charge in [-0.05, 0) is 22.3 Å². The molecular formula is C22H15N3O3. The van der Waals surface area contributed by atoms with E-state index in [1.165, 1.54) is 11.1 Å². The van der Waals surface area contributed by atoms with Crippen molar-refractivity contribution in [2.24, 2.45) is 11.8 Å². The molecule has 0 radical (unpaired) electrons. The van der Waals surface area contributed by atoms with Crippen LogP contribution in [-0.2, 0) is 19.8 Å². The van der Waals surface area contributed by atoms with Gasteiger partial charge in [-0.25, -0.2) is 0 Å². The van der Waals surface area contributed by atoms with Crippen LogP contribution in [0.4, 0.5) is 0 Å². The van der Waals surface area contributed by atoms with E-state index in [1.54, 1.807) is 6.07 Å². The molecule has 1 N–H and O–H groups in total. The lowest BCUT2D eigenvalue weighted by atomic mass is 9.43. The lowest BCUT2D eigenvalue weighted by Crippen LogP contribution is -2.60. The van der Waals surface area contributed by atoms with Crippen molar-refractivity contribution in [3.05, 3.63) is 70.8 Å². The normalized spacial score (nSPS) is 33.0. The predicted molar refractivity (Wildman–Crippen MR) is 96.4 cm³/mol. The van der Waals surface area contributed by atoms with Gasteiger partial charge < -0.3 is 0 Å². The van der Waals surface area contributed by atoms with Crippen molar-refractivity contribution in [2.75, 3.05) is 0 Å². The molecule has 1 spiro atoms. The minimum absolute atomic E-state index is 0.0641. The van der Waals surface area contributed by atoms with Gasteiger partial charge in [-0.1, -0.05) is 48.5 Å². The summed E-state index contributed by atoms with van der Waals surface area (Å²) in [5.74, 6) is -2.68. The molecule has 3 amide bonds. The highest BCUT2D eigenvalue weighted by molar-refractivity contribution is 6.06. The minimum Gasteiger partial charge on any atom is -0.273 e. The van der Waals surface area contributed by atoms with E-state index in [9.17, 15) is 14.4 Å². The number of nitrogens with zero attached hydrogens (tertiary/aromatic N) is 2. The number of nitriles is 1. The largest absolute Gasteiger partial charge is 0.273 e. The average molecular weight is 369 g/mol. The van der Waals surface area contributed by atoms with Crippen LogP contribution in [0.1, 0.15) is 40.5 Å².